The average Bonchev–Trinajstić information content (AvgIpc) is 2.38. The van der Waals surface area contributed by atoms with Gasteiger partial charge in [0.2, 0.25) is 5.69 Å². The van der Waals surface area contributed by atoms with E-state index in [2.05, 4.69) is 24.2 Å². The Kier molecular flexibility index (Phi) is 5.44. The van der Waals surface area contributed by atoms with Crippen LogP contribution in [-0.4, -0.2) is 16.2 Å². The second-order valence-electron chi connectivity index (χ2n) is 5.46. The zero-order valence-electron chi connectivity index (χ0n) is 12.2. The van der Waals surface area contributed by atoms with E-state index in [-0.39, 0.29) is 16.1 Å². The Bertz CT molecular complexity index is 591. The van der Waals surface area contributed by atoms with E-state index in [0.717, 1.165) is 23.5 Å². The molecule has 1 aliphatic rings. The first-order chi connectivity index (χ1) is 9.87. The van der Waals surface area contributed by atoms with Crippen molar-refractivity contribution in [3.8, 4) is 0 Å². The normalized spacial score (nSPS) is 16.2. The molecule has 0 amide bonds. The zero-order chi connectivity index (χ0) is 17.1. The fourth-order valence-electron chi connectivity index (χ4n) is 2.20. The lowest BCUT2D eigenvalue weighted by Gasteiger charge is -2.23. The lowest BCUT2D eigenvalue weighted by atomic mass is 9.98. The van der Waals surface area contributed by atoms with Crippen molar-refractivity contribution in [2.24, 2.45) is 0 Å². The first-order valence-electron chi connectivity index (χ1n) is 6.15. The number of non-ortho nitro benzene ring substituents is 1. The topological polar surface area (TPSA) is 161 Å². The number of rotatable bonds is 1. The van der Waals surface area contributed by atoms with Crippen molar-refractivity contribution >= 4 is 22.8 Å². The molecule has 2 rings (SSSR count). The Balaban J connectivity index is 0.000000422. The highest BCUT2D eigenvalue weighted by atomic mass is 35.7. The maximum atomic E-state index is 10.7. The molecule has 0 unspecified atom stereocenters. The quantitative estimate of drug-likeness (QED) is 0.400. The van der Waals surface area contributed by atoms with Crippen LogP contribution in [0.15, 0.2) is 18.2 Å². The second-order valence-corrected chi connectivity index (χ2v) is 6.21. The summed E-state index contributed by atoms with van der Waals surface area (Å²) >= 11 is 0. The van der Waals surface area contributed by atoms with Gasteiger partial charge in [0, 0.05) is 18.5 Å². The second kappa shape index (κ2) is 6.55. The molecule has 1 aromatic carbocycles. The minimum atomic E-state index is -4.94. The van der Waals surface area contributed by atoms with E-state index in [4.69, 9.17) is 18.6 Å². The Labute approximate surface area is 128 Å². The van der Waals surface area contributed by atoms with Crippen molar-refractivity contribution in [1.82, 2.24) is 0 Å². The SMILES string of the molecule is CC1=[NH+]c2cc([N+](=O)[O-])ccc2NC(C)(C)C1.[O-][Cl+3]([O-])([O-])[O-]. The van der Waals surface area contributed by atoms with Crippen LogP contribution in [0.2, 0.25) is 0 Å². The van der Waals surface area contributed by atoms with Crippen molar-refractivity contribution in [3.63, 3.8) is 0 Å². The summed E-state index contributed by atoms with van der Waals surface area (Å²) in [7, 11) is -4.94. The van der Waals surface area contributed by atoms with Crippen molar-refractivity contribution in [2.75, 3.05) is 5.32 Å². The van der Waals surface area contributed by atoms with Crippen LogP contribution < -0.4 is 28.9 Å². The Morgan fingerprint density at radius 3 is 2.32 bits per heavy atom. The number of nitrogens with zero attached hydrogens (tertiary/aromatic N) is 1. The molecule has 0 aromatic heterocycles. The summed E-state index contributed by atoms with van der Waals surface area (Å²) in [6, 6.07) is 4.83. The van der Waals surface area contributed by atoms with Crippen LogP contribution >= 0.6 is 0 Å². The molecule has 0 radical (unpaired) electrons. The summed E-state index contributed by atoms with van der Waals surface area (Å²) in [6.07, 6.45) is 0.871. The first-order valence-corrected chi connectivity index (χ1v) is 7.39. The van der Waals surface area contributed by atoms with Crippen LogP contribution in [0, 0.1) is 20.4 Å². The molecule has 9 nitrogen and oxygen atoms in total. The summed E-state index contributed by atoms with van der Waals surface area (Å²) < 4.78 is 34.0. The summed E-state index contributed by atoms with van der Waals surface area (Å²) in [6.45, 7) is 6.21. The van der Waals surface area contributed by atoms with Crippen LogP contribution in [0.4, 0.5) is 17.1 Å². The highest BCUT2D eigenvalue weighted by Crippen LogP contribution is 2.28. The maximum absolute atomic E-state index is 10.7. The average molecular weight is 334 g/mol. The predicted octanol–water partition coefficient (Wildman–Crippen LogP) is -3.39. The Morgan fingerprint density at radius 2 is 1.82 bits per heavy atom. The molecule has 2 N–H and O–H groups in total. The molecule has 0 saturated carbocycles. The van der Waals surface area contributed by atoms with E-state index in [9.17, 15) is 10.1 Å². The van der Waals surface area contributed by atoms with Gasteiger partial charge < -0.3 is 5.32 Å². The summed E-state index contributed by atoms with van der Waals surface area (Å²) in [5.41, 5.74) is 2.81. The minimum absolute atomic E-state index is 0.0571. The van der Waals surface area contributed by atoms with Gasteiger partial charge in [0.1, 0.15) is 5.69 Å². The van der Waals surface area contributed by atoms with E-state index < -0.39 is 10.2 Å². The van der Waals surface area contributed by atoms with Crippen LogP contribution in [0.5, 0.6) is 0 Å². The van der Waals surface area contributed by atoms with Crippen LogP contribution in [0.25, 0.3) is 0 Å². The fourth-order valence-corrected chi connectivity index (χ4v) is 2.20. The van der Waals surface area contributed by atoms with Gasteiger partial charge in [-0.25, -0.2) is 23.6 Å². The molecule has 0 saturated heterocycles. The summed E-state index contributed by atoms with van der Waals surface area (Å²) in [5.74, 6) is 0. The largest absolute Gasteiger partial charge is 0.374 e. The summed E-state index contributed by atoms with van der Waals surface area (Å²) in [4.78, 5) is 13.6. The monoisotopic (exact) mass is 333 g/mol. The number of hydrogen-bond donors (Lipinski definition) is 2. The third kappa shape index (κ3) is 6.33. The number of nitro groups is 1. The molecular formula is C12H16ClN3O6. The van der Waals surface area contributed by atoms with E-state index in [1.807, 2.05) is 6.92 Å². The van der Waals surface area contributed by atoms with Crippen molar-refractivity contribution in [1.29, 1.82) is 0 Å². The van der Waals surface area contributed by atoms with Gasteiger partial charge in [0.25, 0.3) is 5.69 Å². The lowest BCUT2D eigenvalue weighted by Crippen LogP contribution is -2.68. The molecule has 0 aliphatic carbocycles. The number of fused-ring (bicyclic) bond motifs is 1. The fraction of sp³-hybridized carbons (Fsp3) is 0.417. The standard InChI is InChI=1S/C12H15N3O2.ClHO4/c1-8-7-12(2,3)14-10-5-4-9(15(16)17)6-11(10)13-8;2-1(3,4)5/h4-6,14H,7H2,1-3H3;(H,2,3,4,5). The molecule has 10 heteroatoms. The van der Waals surface area contributed by atoms with Gasteiger partial charge in [0.05, 0.1) is 17.4 Å². The minimum Gasteiger partial charge on any atom is -0.374 e. The van der Waals surface area contributed by atoms with Crippen LogP contribution in [-0.2, 0) is 0 Å². The highest BCUT2D eigenvalue weighted by molar-refractivity contribution is 5.82. The predicted molar refractivity (Wildman–Crippen MR) is 66.7 cm³/mol. The molecule has 0 fully saturated rings. The van der Waals surface area contributed by atoms with Gasteiger partial charge in [-0.1, -0.05) is 0 Å². The van der Waals surface area contributed by atoms with Gasteiger partial charge in [-0.05, 0) is 19.9 Å². The number of halogens is 1. The summed E-state index contributed by atoms with van der Waals surface area (Å²) in [5, 5.41) is 14.1. The number of nitrogens with one attached hydrogen (secondary N) is 2. The third-order valence-corrected chi connectivity index (χ3v) is 2.74. The zero-order valence-corrected chi connectivity index (χ0v) is 13.0. The molecule has 22 heavy (non-hydrogen) atoms. The van der Waals surface area contributed by atoms with Crippen LogP contribution in [0.3, 0.4) is 0 Å². The van der Waals surface area contributed by atoms with Crippen molar-refractivity contribution in [2.45, 2.75) is 32.7 Å². The molecule has 1 aromatic rings. The van der Waals surface area contributed by atoms with E-state index in [1.54, 1.807) is 12.1 Å². The van der Waals surface area contributed by atoms with Crippen molar-refractivity contribution in [3.05, 3.63) is 28.3 Å². The van der Waals surface area contributed by atoms with Gasteiger partial charge >= 0.3 is 0 Å². The molecule has 0 atom stereocenters. The van der Waals surface area contributed by atoms with E-state index >= 15 is 0 Å². The Hall–Kier alpha value is -1.78. The maximum Gasteiger partial charge on any atom is 0.276 e. The lowest BCUT2D eigenvalue weighted by molar-refractivity contribution is -2.00. The van der Waals surface area contributed by atoms with Crippen molar-refractivity contribution < 1.29 is 38.8 Å². The molecule has 1 heterocycles. The smallest absolute Gasteiger partial charge is 0.276 e. The van der Waals surface area contributed by atoms with E-state index in [0.29, 0.717) is 0 Å². The highest BCUT2D eigenvalue weighted by Gasteiger charge is 2.27. The Morgan fingerprint density at radius 1 is 1.27 bits per heavy atom. The molecule has 122 valence electrons. The van der Waals surface area contributed by atoms with Gasteiger partial charge in [-0.3, -0.25) is 10.1 Å². The number of hydrogen-bond acceptors (Lipinski definition) is 7. The van der Waals surface area contributed by atoms with E-state index in [1.165, 1.54) is 6.07 Å². The molecule has 0 spiro atoms. The number of benzene rings is 1. The van der Waals surface area contributed by atoms with Gasteiger partial charge in [0.15, 0.2) is 5.71 Å². The number of anilines is 1. The third-order valence-electron chi connectivity index (χ3n) is 2.74. The van der Waals surface area contributed by atoms with Gasteiger partial charge in [-0.15, -0.1) is 10.2 Å². The van der Waals surface area contributed by atoms with Crippen LogP contribution in [0.1, 0.15) is 27.2 Å². The molecule has 0 bridgehead atoms. The molecule has 1 aliphatic heterocycles. The van der Waals surface area contributed by atoms with Gasteiger partial charge in [-0.2, -0.15) is 0 Å². The first kappa shape index (κ1) is 18.3. The molecular weight excluding hydrogens is 318 g/mol. The number of nitro benzene ring substituents is 1.